The van der Waals surface area contributed by atoms with Crippen LogP contribution in [0.3, 0.4) is 0 Å². The molecule has 0 aliphatic carbocycles. The number of rotatable bonds is 3. The molecule has 3 aromatic heterocycles. The maximum absolute atomic E-state index is 6.50. The Kier molecular flexibility index (Phi) is 5.07. The molecular formula is C38H22N2OS. The summed E-state index contributed by atoms with van der Waals surface area (Å²) >= 11 is 1.72. The van der Waals surface area contributed by atoms with Crippen LogP contribution in [0.4, 0.5) is 0 Å². The summed E-state index contributed by atoms with van der Waals surface area (Å²) in [6.45, 7) is 0. The first-order chi connectivity index (χ1) is 20.8. The van der Waals surface area contributed by atoms with Gasteiger partial charge < -0.3 is 4.42 Å². The quantitative estimate of drug-likeness (QED) is 0.204. The van der Waals surface area contributed by atoms with Crippen molar-refractivity contribution in [3.8, 4) is 33.0 Å². The van der Waals surface area contributed by atoms with Crippen molar-refractivity contribution in [2.45, 2.75) is 0 Å². The molecule has 0 aliphatic heterocycles. The molecule has 0 saturated carbocycles. The minimum Gasteiger partial charge on any atom is -0.456 e. The van der Waals surface area contributed by atoms with Gasteiger partial charge in [-0.3, -0.25) is 0 Å². The van der Waals surface area contributed by atoms with Gasteiger partial charge in [-0.25, -0.2) is 9.97 Å². The highest BCUT2D eigenvalue weighted by Gasteiger charge is 2.21. The van der Waals surface area contributed by atoms with E-state index in [4.69, 9.17) is 14.4 Å². The molecule has 0 aliphatic rings. The Hall–Kier alpha value is -5.32. The summed E-state index contributed by atoms with van der Waals surface area (Å²) in [7, 11) is 0. The van der Waals surface area contributed by atoms with Gasteiger partial charge in [0, 0.05) is 43.6 Å². The minimum atomic E-state index is 0.868. The van der Waals surface area contributed by atoms with Gasteiger partial charge in [-0.1, -0.05) is 103 Å². The van der Waals surface area contributed by atoms with Crippen molar-refractivity contribution < 1.29 is 4.42 Å². The number of aromatic nitrogens is 2. The maximum Gasteiger partial charge on any atom is 0.136 e. The average molecular weight is 555 g/mol. The van der Waals surface area contributed by atoms with Gasteiger partial charge in [0.2, 0.25) is 0 Å². The van der Waals surface area contributed by atoms with E-state index in [0.29, 0.717) is 0 Å². The van der Waals surface area contributed by atoms with Gasteiger partial charge in [-0.05, 0) is 35.9 Å². The van der Waals surface area contributed by atoms with Crippen molar-refractivity contribution in [3.05, 3.63) is 133 Å². The Morgan fingerprint density at radius 2 is 1.17 bits per heavy atom. The first kappa shape index (κ1) is 23.4. The summed E-state index contributed by atoms with van der Waals surface area (Å²) in [5, 5.41) is 6.68. The fourth-order valence-corrected chi connectivity index (χ4v) is 7.17. The van der Waals surface area contributed by atoms with E-state index < -0.39 is 0 Å². The van der Waals surface area contributed by atoms with Crippen LogP contribution in [0, 0.1) is 0 Å². The molecule has 0 bridgehead atoms. The average Bonchev–Trinajstić information content (AvgIpc) is 3.65. The molecule has 0 unspecified atom stereocenters. The van der Waals surface area contributed by atoms with Crippen molar-refractivity contribution in [1.82, 2.24) is 9.97 Å². The van der Waals surface area contributed by atoms with Crippen LogP contribution in [0.5, 0.6) is 0 Å². The second kappa shape index (κ2) is 9.10. The number of benzene rings is 6. The van der Waals surface area contributed by atoms with E-state index in [1.165, 1.54) is 15.6 Å². The van der Waals surface area contributed by atoms with E-state index >= 15 is 0 Å². The molecule has 0 radical (unpaired) electrons. The van der Waals surface area contributed by atoms with Crippen LogP contribution in [-0.2, 0) is 0 Å². The van der Waals surface area contributed by atoms with Crippen molar-refractivity contribution in [2.24, 2.45) is 0 Å². The van der Waals surface area contributed by atoms with Crippen LogP contribution in [0.2, 0.25) is 0 Å². The first-order valence-electron chi connectivity index (χ1n) is 14.0. The number of pyridine rings is 1. The predicted molar refractivity (Wildman–Crippen MR) is 176 cm³/mol. The summed E-state index contributed by atoms with van der Waals surface area (Å²) in [6, 6.07) is 46.6. The van der Waals surface area contributed by atoms with Crippen molar-refractivity contribution >= 4 is 65.2 Å². The molecule has 196 valence electrons. The number of furan rings is 1. The highest BCUT2D eigenvalue weighted by Crippen LogP contribution is 2.46. The minimum absolute atomic E-state index is 0.868. The fraction of sp³-hybridized carbons (Fsp3) is 0. The van der Waals surface area contributed by atoms with Crippen molar-refractivity contribution in [3.63, 3.8) is 0 Å². The predicted octanol–water partition coefficient (Wildman–Crippen LogP) is 10.9. The zero-order valence-corrected chi connectivity index (χ0v) is 23.2. The van der Waals surface area contributed by atoms with Crippen molar-refractivity contribution in [2.75, 3.05) is 0 Å². The Balaban J connectivity index is 1.36. The summed E-state index contributed by atoms with van der Waals surface area (Å²) < 4.78 is 7.69. The van der Waals surface area contributed by atoms with Crippen LogP contribution in [-0.4, -0.2) is 9.97 Å². The van der Waals surface area contributed by atoms with Crippen LogP contribution < -0.4 is 0 Å². The van der Waals surface area contributed by atoms with Crippen molar-refractivity contribution in [1.29, 1.82) is 0 Å². The standard InChI is InChI=1S/C38H22N2OS/c1-2-10-23(11-3-1)34-35-26-12-4-6-14-29(26)39-37(28(35)22-32-36(34)27-13-5-8-16-31(27)41-32)24-18-20-25(21-19-24)38-40-30-15-7-9-17-33(30)42-38/h1-22H. The van der Waals surface area contributed by atoms with Gasteiger partial charge in [0.25, 0.3) is 0 Å². The van der Waals surface area contributed by atoms with Crippen LogP contribution >= 0.6 is 11.3 Å². The Bertz CT molecular complexity index is 2420. The summed E-state index contributed by atoms with van der Waals surface area (Å²) in [5.74, 6) is 0. The van der Waals surface area contributed by atoms with E-state index in [9.17, 15) is 0 Å². The number of thiazole rings is 1. The van der Waals surface area contributed by atoms with E-state index in [-0.39, 0.29) is 0 Å². The number of hydrogen-bond donors (Lipinski definition) is 0. The van der Waals surface area contributed by atoms with Gasteiger partial charge in [0.15, 0.2) is 0 Å². The van der Waals surface area contributed by atoms with Gasteiger partial charge >= 0.3 is 0 Å². The smallest absolute Gasteiger partial charge is 0.136 e. The lowest BCUT2D eigenvalue weighted by Crippen LogP contribution is -1.93. The molecule has 0 spiro atoms. The molecule has 0 amide bonds. The fourth-order valence-electron chi connectivity index (χ4n) is 6.20. The summed E-state index contributed by atoms with van der Waals surface area (Å²) in [4.78, 5) is 10.1. The van der Waals surface area contributed by atoms with E-state index in [2.05, 4.69) is 115 Å². The zero-order valence-electron chi connectivity index (χ0n) is 22.4. The topological polar surface area (TPSA) is 38.9 Å². The van der Waals surface area contributed by atoms with Crippen LogP contribution in [0.15, 0.2) is 138 Å². The molecule has 9 rings (SSSR count). The molecule has 0 fully saturated rings. The van der Waals surface area contributed by atoms with Gasteiger partial charge in [0.05, 0.1) is 21.4 Å². The van der Waals surface area contributed by atoms with Crippen LogP contribution in [0.25, 0.3) is 86.8 Å². The zero-order chi connectivity index (χ0) is 27.6. The van der Waals surface area contributed by atoms with E-state index in [1.54, 1.807) is 11.3 Å². The molecule has 4 heteroatoms. The number of fused-ring (bicyclic) bond motifs is 7. The lowest BCUT2D eigenvalue weighted by atomic mass is 9.89. The second-order valence-electron chi connectivity index (χ2n) is 10.6. The van der Waals surface area contributed by atoms with Gasteiger partial charge in [-0.15, -0.1) is 11.3 Å². The molecule has 0 saturated heterocycles. The third-order valence-electron chi connectivity index (χ3n) is 8.09. The molecule has 6 aromatic carbocycles. The van der Waals surface area contributed by atoms with E-state index in [0.717, 1.165) is 71.1 Å². The van der Waals surface area contributed by atoms with E-state index in [1.807, 2.05) is 18.2 Å². The molecule has 0 atom stereocenters. The largest absolute Gasteiger partial charge is 0.456 e. The molecule has 9 aromatic rings. The normalized spacial score (nSPS) is 11.8. The Morgan fingerprint density at radius 3 is 2.00 bits per heavy atom. The lowest BCUT2D eigenvalue weighted by molar-refractivity contribution is 0.669. The number of para-hydroxylation sites is 3. The second-order valence-corrected chi connectivity index (χ2v) is 11.6. The molecule has 0 N–H and O–H groups in total. The van der Waals surface area contributed by atoms with Crippen LogP contribution in [0.1, 0.15) is 0 Å². The maximum atomic E-state index is 6.50. The number of hydrogen-bond acceptors (Lipinski definition) is 4. The third-order valence-corrected chi connectivity index (χ3v) is 9.18. The van der Waals surface area contributed by atoms with Gasteiger partial charge in [0.1, 0.15) is 16.2 Å². The lowest BCUT2D eigenvalue weighted by Gasteiger charge is -2.15. The highest BCUT2D eigenvalue weighted by atomic mass is 32.1. The first-order valence-corrected chi connectivity index (χ1v) is 14.8. The third kappa shape index (κ3) is 3.52. The monoisotopic (exact) mass is 554 g/mol. The highest BCUT2D eigenvalue weighted by molar-refractivity contribution is 7.21. The SMILES string of the molecule is c1ccc(-c2c3c(cc4c(-c5ccc(-c6nc7ccccc7s6)cc5)nc5ccccc5c24)oc2ccccc23)cc1. The van der Waals surface area contributed by atoms with Gasteiger partial charge in [-0.2, -0.15) is 0 Å². The molecule has 42 heavy (non-hydrogen) atoms. The molecule has 3 nitrogen and oxygen atoms in total. The molecular weight excluding hydrogens is 532 g/mol. The number of nitrogens with zero attached hydrogens (tertiary/aromatic N) is 2. The summed E-state index contributed by atoms with van der Waals surface area (Å²) in [5.41, 5.74) is 9.21. The Labute approximate surface area is 245 Å². The Morgan fingerprint density at radius 1 is 0.476 bits per heavy atom. The molecule has 3 heterocycles. The summed E-state index contributed by atoms with van der Waals surface area (Å²) in [6.07, 6.45) is 0.